The fraction of sp³-hybridized carbons (Fsp3) is 0.125. The highest BCUT2D eigenvalue weighted by atomic mass is 32.2. The molecule has 156 valence electrons. The second kappa shape index (κ2) is 9.49. The standard InChI is InChI=1S/C24H21N3O3S/c1-30-20-14-12-19(13-15-20)27-22(28)16-21(23(27)29)31-24(25-17-8-4-2-5-9-17)26-18-10-6-3-7-11-18/h2-15,21H,16H2,1H3,(H,25,26)/t21-/m0/s1. The van der Waals surface area contributed by atoms with E-state index >= 15 is 0 Å². The number of hydrogen-bond donors (Lipinski definition) is 1. The SMILES string of the molecule is COc1ccc(N2C(=O)C[C@H](SC(=Nc3ccccc3)Nc3ccccc3)C2=O)cc1. The molecule has 0 aromatic heterocycles. The number of carbonyl (C=O) groups is 2. The maximum absolute atomic E-state index is 13.1. The number of anilines is 2. The van der Waals surface area contributed by atoms with Crippen molar-refractivity contribution >= 4 is 45.8 Å². The van der Waals surface area contributed by atoms with E-state index in [2.05, 4.69) is 10.3 Å². The molecule has 0 aliphatic carbocycles. The predicted octanol–water partition coefficient (Wildman–Crippen LogP) is 4.86. The highest BCUT2D eigenvalue weighted by Gasteiger charge is 2.40. The topological polar surface area (TPSA) is 71.0 Å². The average molecular weight is 432 g/mol. The van der Waals surface area contributed by atoms with E-state index in [0.717, 1.165) is 11.4 Å². The van der Waals surface area contributed by atoms with Crippen LogP contribution in [0.5, 0.6) is 5.75 Å². The normalized spacial score (nSPS) is 16.5. The number of para-hydroxylation sites is 2. The fourth-order valence-corrected chi connectivity index (χ4v) is 4.22. The van der Waals surface area contributed by atoms with E-state index in [1.165, 1.54) is 16.7 Å². The molecular formula is C24H21N3O3S. The lowest BCUT2D eigenvalue weighted by Crippen LogP contribution is -2.31. The summed E-state index contributed by atoms with van der Waals surface area (Å²) in [6, 6.07) is 26.0. The number of rotatable bonds is 5. The van der Waals surface area contributed by atoms with Crippen molar-refractivity contribution in [2.75, 3.05) is 17.3 Å². The molecule has 0 radical (unpaired) electrons. The van der Waals surface area contributed by atoms with Crippen molar-refractivity contribution in [2.24, 2.45) is 4.99 Å². The van der Waals surface area contributed by atoms with Crippen LogP contribution < -0.4 is 15.0 Å². The van der Waals surface area contributed by atoms with Crippen LogP contribution in [0.25, 0.3) is 0 Å². The lowest BCUT2D eigenvalue weighted by atomic mass is 10.3. The van der Waals surface area contributed by atoms with Crippen molar-refractivity contribution in [3.63, 3.8) is 0 Å². The van der Waals surface area contributed by atoms with Crippen molar-refractivity contribution in [1.82, 2.24) is 0 Å². The summed E-state index contributed by atoms with van der Waals surface area (Å²) in [6.07, 6.45) is 0.111. The van der Waals surface area contributed by atoms with Gasteiger partial charge in [-0.2, -0.15) is 0 Å². The number of imide groups is 1. The van der Waals surface area contributed by atoms with E-state index in [1.807, 2.05) is 60.7 Å². The molecule has 1 N–H and O–H groups in total. The first-order valence-corrected chi connectivity index (χ1v) is 10.7. The Morgan fingerprint density at radius 1 is 0.968 bits per heavy atom. The maximum Gasteiger partial charge on any atom is 0.247 e. The molecule has 0 bridgehead atoms. The quantitative estimate of drug-likeness (QED) is 0.355. The molecule has 1 atom stereocenters. The number of nitrogens with one attached hydrogen (secondary N) is 1. The zero-order valence-corrected chi connectivity index (χ0v) is 17.7. The number of thioether (sulfide) groups is 1. The summed E-state index contributed by atoms with van der Waals surface area (Å²) in [4.78, 5) is 31.6. The number of aliphatic imine (C=N–C) groups is 1. The number of methoxy groups -OCH3 is 1. The Morgan fingerprint density at radius 2 is 1.61 bits per heavy atom. The van der Waals surface area contributed by atoms with Crippen LogP contribution in [0.1, 0.15) is 6.42 Å². The highest BCUT2D eigenvalue weighted by Crippen LogP contribution is 2.32. The molecular weight excluding hydrogens is 410 g/mol. The first kappa shape index (κ1) is 20.7. The van der Waals surface area contributed by atoms with Gasteiger partial charge in [0.2, 0.25) is 11.8 Å². The summed E-state index contributed by atoms with van der Waals surface area (Å²) in [6.45, 7) is 0. The molecule has 3 aromatic rings. The van der Waals surface area contributed by atoms with Gasteiger partial charge in [-0.25, -0.2) is 9.89 Å². The molecule has 1 heterocycles. The monoisotopic (exact) mass is 431 g/mol. The van der Waals surface area contributed by atoms with E-state index in [4.69, 9.17) is 4.74 Å². The van der Waals surface area contributed by atoms with Gasteiger partial charge in [-0.1, -0.05) is 48.2 Å². The lowest BCUT2D eigenvalue weighted by molar-refractivity contribution is -0.121. The van der Waals surface area contributed by atoms with Crippen LogP contribution >= 0.6 is 11.8 Å². The van der Waals surface area contributed by atoms with Gasteiger partial charge in [0.15, 0.2) is 5.17 Å². The molecule has 0 unspecified atom stereocenters. The first-order chi connectivity index (χ1) is 15.1. The summed E-state index contributed by atoms with van der Waals surface area (Å²) in [5.41, 5.74) is 2.15. The molecule has 1 saturated heterocycles. The average Bonchev–Trinajstić information content (AvgIpc) is 3.08. The van der Waals surface area contributed by atoms with E-state index in [1.54, 1.807) is 31.4 Å². The Hall–Kier alpha value is -3.58. The molecule has 2 amide bonds. The molecule has 7 heteroatoms. The Morgan fingerprint density at radius 3 is 2.26 bits per heavy atom. The van der Waals surface area contributed by atoms with Gasteiger partial charge in [0, 0.05) is 12.1 Å². The third-order valence-electron chi connectivity index (χ3n) is 4.70. The number of hydrogen-bond acceptors (Lipinski definition) is 5. The summed E-state index contributed by atoms with van der Waals surface area (Å²) in [5, 5.41) is 3.27. The molecule has 3 aromatic carbocycles. The summed E-state index contributed by atoms with van der Waals surface area (Å²) in [7, 11) is 1.57. The molecule has 6 nitrogen and oxygen atoms in total. The second-order valence-corrected chi connectivity index (χ2v) is 8.01. The fourth-order valence-electron chi connectivity index (χ4n) is 3.18. The number of benzene rings is 3. The Labute approximate surface area is 184 Å². The number of amides is 2. The molecule has 0 spiro atoms. The summed E-state index contributed by atoms with van der Waals surface area (Å²) < 4.78 is 5.16. The van der Waals surface area contributed by atoms with Crippen LogP contribution in [0.2, 0.25) is 0 Å². The van der Waals surface area contributed by atoms with Crippen molar-refractivity contribution in [3.8, 4) is 5.75 Å². The van der Waals surface area contributed by atoms with Gasteiger partial charge in [-0.3, -0.25) is 9.59 Å². The van der Waals surface area contributed by atoms with Crippen molar-refractivity contribution in [1.29, 1.82) is 0 Å². The molecule has 0 saturated carbocycles. The van der Waals surface area contributed by atoms with Gasteiger partial charge in [-0.05, 0) is 48.5 Å². The number of amidine groups is 1. The first-order valence-electron chi connectivity index (χ1n) is 9.77. The Balaban J connectivity index is 1.56. The van der Waals surface area contributed by atoms with Crippen LogP contribution in [0.3, 0.4) is 0 Å². The van der Waals surface area contributed by atoms with E-state index in [9.17, 15) is 9.59 Å². The van der Waals surface area contributed by atoms with Crippen molar-refractivity contribution < 1.29 is 14.3 Å². The second-order valence-electron chi connectivity index (χ2n) is 6.82. The largest absolute Gasteiger partial charge is 0.497 e. The van der Waals surface area contributed by atoms with Crippen molar-refractivity contribution in [2.45, 2.75) is 11.7 Å². The van der Waals surface area contributed by atoms with E-state index in [0.29, 0.717) is 16.6 Å². The minimum absolute atomic E-state index is 0.111. The highest BCUT2D eigenvalue weighted by molar-refractivity contribution is 8.15. The van der Waals surface area contributed by atoms with Gasteiger partial charge in [0.25, 0.3) is 0 Å². The number of carbonyl (C=O) groups excluding carboxylic acids is 2. The summed E-state index contributed by atoms with van der Waals surface area (Å²) in [5.74, 6) is 0.181. The third kappa shape index (κ3) is 4.95. The van der Waals surface area contributed by atoms with Crippen LogP contribution in [-0.2, 0) is 9.59 Å². The minimum atomic E-state index is -0.562. The van der Waals surface area contributed by atoms with Crippen LogP contribution in [0, 0.1) is 0 Å². The van der Waals surface area contributed by atoms with Gasteiger partial charge >= 0.3 is 0 Å². The zero-order chi connectivity index (χ0) is 21.6. The number of ether oxygens (including phenoxy) is 1. The number of nitrogens with zero attached hydrogens (tertiary/aromatic N) is 2. The molecule has 1 fully saturated rings. The van der Waals surface area contributed by atoms with Crippen LogP contribution in [-0.4, -0.2) is 29.3 Å². The lowest BCUT2D eigenvalue weighted by Gasteiger charge is -2.16. The van der Waals surface area contributed by atoms with Gasteiger partial charge in [0.1, 0.15) is 11.0 Å². The molecule has 4 rings (SSSR count). The van der Waals surface area contributed by atoms with Crippen molar-refractivity contribution in [3.05, 3.63) is 84.9 Å². The molecule has 1 aliphatic heterocycles. The smallest absolute Gasteiger partial charge is 0.247 e. The van der Waals surface area contributed by atoms with E-state index < -0.39 is 5.25 Å². The predicted molar refractivity (Wildman–Crippen MR) is 125 cm³/mol. The van der Waals surface area contributed by atoms with Crippen LogP contribution in [0.4, 0.5) is 17.1 Å². The van der Waals surface area contributed by atoms with Gasteiger partial charge in [-0.15, -0.1) is 0 Å². The van der Waals surface area contributed by atoms with Gasteiger partial charge < -0.3 is 10.1 Å². The molecule has 1 aliphatic rings. The minimum Gasteiger partial charge on any atom is -0.497 e. The summed E-state index contributed by atoms with van der Waals surface area (Å²) >= 11 is 1.26. The third-order valence-corrected chi connectivity index (χ3v) is 5.77. The van der Waals surface area contributed by atoms with Crippen LogP contribution in [0.15, 0.2) is 89.9 Å². The zero-order valence-electron chi connectivity index (χ0n) is 16.9. The van der Waals surface area contributed by atoms with E-state index in [-0.39, 0.29) is 18.2 Å². The Kier molecular flexibility index (Phi) is 6.33. The maximum atomic E-state index is 13.1. The van der Waals surface area contributed by atoms with Gasteiger partial charge in [0.05, 0.1) is 18.5 Å². The Bertz CT molecular complexity index is 1090. The molecule has 31 heavy (non-hydrogen) atoms.